The summed E-state index contributed by atoms with van der Waals surface area (Å²) >= 11 is 0. The average molecular weight is 258 g/mol. The number of nitrogens with zero attached hydrogens (tertiary/aromatic N) is 1. The van der Waals surface area contributed by atoms with Gasteiger partial charge in [0.25, 0.3) is 0 Å². The molecule has 1 aromatic heterocycles. The van der Waals surface area contributed by atoms with Crippen molar-refractivity contribution in [3.8, 4) is 0 Å². The van der Waals surface area contributed by atoms with E-state index in [4.69, 9.17) is 9.72 Å². The van der Waals surface area contributed by atoms with Crippen molar-refractivity contribution in [2.45, 2.75) is 33.3 Å². The molecule has 0 fully saturated rings. The predicted octanol–water partition coefficient (Wildman–Crippen LogP) is 3.94. The van der Waals surface area contributed by atoms with Crippen molar-refractivity contribution in [1.82, 2.24) is 4.98 Å². The third kappa shape index (κ3) is 2.87. The van der Waals surface area contributed by atoms with Crippen molar-refractivity contribution >= 4 is 16.6 Å². The molecule has 0 spiro atoms. The quantitative estimate of drug-likeness (QED) is 0.882. The fourth-order valence-electron chi connectivity index (χ4n) is 2.23. The largest absolute Gasteiger partial charge is 0.385 e. The van der Waals surface area contributed by atoms with Gasteiger partial charge < -0.3 is 10.1 Å². The summed E-state index contributed by atoms with van der Waals surface area (Å²) in [6.07, 6.45) is 0. The Hall–Kier alpha value is -1.61. The molecule has 2 aromatic rings. The van der Waals surface area contributed by atoms with Crippen molar-refractivity contribution in [2.24, 2.45) is 0 Å². The number of para-hydroxylation sites is 1. The van der Waals surface area contributed by atoms with E-state index in [1.54, 1.807) is 7.11 Å². The van der Waals surface area contributed by atoms with Crippen LogP contribution in [0.4, 0.5) is 5.69 Å². The molecule has 0 bridgehead atoms. The highest BCUT2D eigenvalue weighted by Crippen LogP contribution is 2.28. The molecule has 19 heavy (non-hydrogen) atoms. The standard InChI is InChI=1S/C16H22N2O/c1-5-17-15-9-14(11(2)3)18-16-12(10-19-4)7-6-8-13(15)16/h6-9,11H,5,10H2,1-4H3,(H,17,18). The van der Waals surface area contributed by atoms with Crippen molar-refractivity contribution < 1.29 is 4.74 Å². The van der Waals surface area contributed by atoms with Gasteiger partial charge in [-0.2, -0.15) is 0 Å². The lowest BCUT2D eigenvalue weighted by molar-refractivity contribution is 0.186. The maximum absolute atomic E-state index is 5.28. The minimum absolute atomic E-state index is 0.414. The Morgan fingerprint density at radius 1 is 1.32 bits per heavy atom. The Bertz CT molecular complexity index is 564. The van der Waals surface area contributed by atoms with E-state index in [2.05, 4.69) is 50.4 Å². The summed E-state index contributed by atoms with van der Waals surface area (Å²) in [6, 6.07) is 8.42. The lowest BCUT2D eigenvalue weighted by Crippen LogP contribution is -2.03. The first-order chi connectivity index (χ1) is 9.17. The second kappa shape index (κ2) is 6.02. The summed E-state index contributed by atoms with van der Waals surface area (Å²) in [5.41, 5.74) is 4.47. The number of nitrogens with one attached hydrogen (secondary N) is 1. The van der Waals surface area contributed by atoms with Crippen LogP contribution in [0.2, 0.25) is 0 Å². The lowest BCUT2D eigenvalue weighted by atomic mass is 10.0. The van der Waals surface area contributed by atoms with Crippen LogP contribution in [0.1, 0.15) is 37.9 Å². The number of benzene rings is 1. The first kappa shape index (κ1) is 13.8. The molecule has 1 aromatic carbocycles. The number of hydrogen-bond acceptors (Lipinski definition) is 3. The molecule has 0 aliphatic carbocycles. The predicted molar refractivity (Wildman–Crippen MR) is 80.7 cm³/mol. The number of pyridine rings is 1. The highest BCUT2D eigenvalue weighted by atomic mass is 16.5. The minimum atomic E-state index is 0.414. The summed E-state index contributed by atoms with van der Waals surface area (Å²) in [6.45, 7) is 7.95. The molecule has 2 rings (SSSR count). The van der Waals surface area contributed by atoms with Crippen LogP contribution in [0.5, 0.6) is 0 Å². The summed E-state index contributed by atoms with van der Waals surface area (Å²) in [7, 11) is 1.72. The smallest absolute Gasteiger partial charge is 0.0781 e. The van der Waals surface area contributed by atoms with E-state index >= 15 is 0 Å². The van der Waals surface area contributed by atoms with Gasteiger partial charge in [-0.3, -0.25) is 4.98 Å². The zero-order valence-electron chi connectivity index (χ0n) is 12.2. The van der Waals surface area contributed by atoms with Crippen LogP contribution in [0, 0.1) is 0 Å². The molecule has 0 aliphatic rings. The van der Waals surface area contributed by atoms with Gasteiger partial charge >= 0.3 is 0 Å². The number of aromatic nitrogens is 1. The van der Waals surface area contributed by atoms with Gasteiger partial charge in [0.2, 0.25) is 0 Å². The van der Waals surface area contributed by atoms with Crippen LogP contribution in [-0.4, -0.2) is 18.6 Å². The maximum atomic E-state index is 5.28. The van der Waals surface area contributed by atoms with Gasteiger partial charge in [0, 0.05) is 36.0 Å². The fourth-order valence-corrected chi connectivity index (χ4v) is 2.23. The van der Waals surface area contributed by atoms with Gasteiger partial charge in [-0.15, -0.1) is 0 Å². The molecule has 102 valence electrons. The van der Waals surface area contributed by atoms with Crippen LogP contribution < -0.4 is 5.32 Å². The van der Waals surface area contributed by atoms with Crippen molar-refractivity contribution in [2.75, 3.05) is 19.0 Å². The van der Waals surface area contributed by atoms with E-state index in [-0.39, 0.29) is 0 Å². The van der Waals surface area contributed by atoms with Gasteiger partial charge in [-0.1, -0.05) is 32.0 Å². The Morgan fingerprint density at radius 2 is 2.11 bits per heavy atom. The second-order valence-corrected chi connectivity index (χ2v) is 5.03. The molecule has 0 amide bonds. The van der Waals surface area contributed by atoms with Gasteiger partial charge in [-0.05, 0) is 18.9 Å². The zero-order chi connectivity index (χ0) is 13.8. The van der Waals surface area contributed by atoms with Gasteiger partial charge in [0.05, 0.1) is 12.1 Å². The van der Waals surface area contributed by atoms with Crippen LogP contribution in [-0.2, 0) is 11.3 Å². The monoisotopic (exact) mass is 258 g/mol. The number of ether oxygens (including phenoxy) is 1. The van der Waals surface area contributed by atoms with E-state index in [0.29, 0.717) is 12.5 Å². The molecule has 0 saturated heterocycles. The Kier molecular flexibility index (Phi) is 4.38. The number of rotatable bonds is 5. The summed E-state index contributed by atoms with van der Waals surface area (Å²) < 4.78 is 5.28. The molecule has 3 heteroatoms. The fraction of sp³-hybridized carbons (Fsp3) is 0.438. The number of methoxy groups -OCH3 is 1. The van der Waals surface area contributed by atoms with Gasteiger partial charge in [0.15, 0.2) is 0 Å². The summed E-state index contributed by atoms with van der Waals surface area (Å²) in [5.74, 6) is 0.414. The molecular formula is C16H22N2O. The first-order valence-electron chi connectivity index (χ1n) is 6.82. The third-order valence-corrected chi connectivity index (χ3v) is 3.20. The number of hydrogen-bond donors (Lipinski definition) is 1. The van der Waals surface area contributed by atoms with E-state index in [1.165, 1.54) is 5.39 Å². The highest BCUT2D eigenvalue weighted by molar-refractivity contribution is 5.93. The SMILES string of the molecule is CCNc1cc(C(C)C)nc2c(COC)cccc12. The van der Waals surface area contributed by atoms with E-state index in [9.17, 15) is 0 Å². The first-order valence-corrected chi connectivity index (χ1v) is 6.82. The maximum Gasteiger partial charge on any atom is 0.0781 e. The van der Waals surface area contributed by atoms with Gasteiger partial charge in [0.1, 0.15) is 0 Å². The molecule has 0 radical (unpaired) electrons. The normalized spacial score (nSPS) is 11.2. The molecule has 0 saturated carbocycles. The minimum Gasteiger partial charge on any atom is -0.385 e. The van der Waals surface area contributed by atoms with Crippen molar-refractivity contribution in [3.63, 3.8) is 0 Å². The highest BCUT2D eigenvalue weighted by Gasteiger charge is 2.10. The van der Waals surface area contributed by atoms with Crippen molar-refractivity contribution in [1.29, 1.82) is 0 Å². The molecule has 0 unspecified atom stereocenters. The molecule has 3 nitrogen and oxygen atoms in total. The molecule has 1 N–H and O–H groups in total. The van der Waals surface area contributed by atoms with E-state index in [0.717, 1.165) is 29.0 Å². The Labute approximate surface area is 115 Å². The summed E-state index contributed by atoms with van der Waals surface area (Å²) in [5, 5.41) is 4.60. The topological polar surface area (TPSA) is 34.2 Å². The van der Waals surface area contributed by atoms with Crippen molar-refractivity contribution in [3.05, 3.63) is 35.5 Å². The average Bonchev–Trinajstić information content (AvgIpc) is 2.40. The lowest BCUT2D eigenvalue weighted by Gasteiger charge is -2.14. The third-order valence-electron chi connectivity index (χ3n) is 3.20. The number of fused-ring (bicyclic) bond motifs is 1. The van der Waals surface area contributed by atoms with E-state index in [1.807, 2.05) is 0 Å². The molecule has 0 atom stereocenters. The molecular weight excluding hydrogens is 236 g/mol. The zero-order valence-corrected chi connectivity index (χ0v) is 12.2. The Morgan fingerprint density at radius 3 is 2.74 bits per heavy atom. The van der Waals surface area contributed by atoms with E-state index < -0.39 is 0 Å². The van der Waals surface area contributed by atoms with Crippen LogP contribution >= 0.6 is 0 Å². The van der Waals surface area contributed by atoms with Gasteiger partial charge in [-0.25, -0.2) is 0 Å². The van der Waals surface area contributed by atoms with Crippen LogP contribution in [0.25, 0.3) is 10.9 Å². The number of anilines is 1. The van der Waals surface area contributed by atoms with Crippen LogP contribution in [0.3, 0.4) is 0 Å². The summed E-state index contributed by atoms with van der Waals surface area (Å²) in [4.78, 5) is 4.82. The second-order valence-electron chi connectivity index (χ2n) is 5.03. The Balaban J connectivity index is 2.67. The molecule has 0 aliphatic heterocycles. The van der Waals surface area contributed by atoms with Crippen LogP contribution in [0.15, 0.2) is 24.3 Å². The molecule has 1 heterocycles.